The number of rotatable bonds is 14. The molecule has 0 bridgehead atoms. The molecule has 1 saturated carbocycles. The molecule has 1 N–H and O–H groups in total. The number of hydrogen-bond acceptors (Lipinski definition) is 5. The van der Waals surface area contributed by atoms with E-state index in [1.54, 1.807) is 6.92 Å². The lowest BCUT2D eigenvalue weighted by atomic mass is 9.86. The molecule has 0 saturated heterocycles. The quantitative estimate of drug-likeness (QED) is 0.268. The zero-order chi connectivity index (χ0) is 20.9. The molecule has 0 radical (unpaired) electrons. The maximum Gasteiger partial charge on any atom is 0.306 e. The molecule has 28 heavy (non-hydrogen) atoms. The summed E-state index contributed by atoms with van der Waals surface area (Å²) in [5.41, 5.74) is 0. The molecule has 0 aromatic carbocycles. The number of Topliss-reactive ketones (excluding diaryl/α,β-unsaturated/α-hetero) is 2. The second kappa shape index (κ2) is 13.6. The fourth-order valence-corrected chi connectivity index (χ4v) is 3.90. The van der Waals surface area contributed by atoms with E-state index in [4.69, 9.17) is 4.74 Å². The highest BCUT2D eigenvalue weighted by atomic mass is 16.5. The van der Waals surface area contributed by atoms with Crippen LogP contribution in [0.4, 0.5) is 0 Å². The number of allylic oxidation sites excluding steroid dienone is 2. The van der Waals surface area contributed by atoms with Crippen LogP contribution in [-0.2, 0) is 19.1 Å². The van der Waals surface area contributed by atoms with Crippen LogP contribution < -0.4 is 0 Å². The van der Waals surface area contributed by atoms with Gasteiger partial charge in [-0.15, -0.1) is 0 Å². The lowest BCUT2D eigenvalue weighted by Gasteiger charge is -2.19. The fourth-order valence-electron chi connectivity index (χ4n) is 3.90. The molecule has 1 rings (SSSR count). The van der Waals surface area contributed by atoms with E-state index in [0.717, 1.165) is 25.7 Å². The van der Waals surface area contributed by atoms with Crippen molar-refractivity contribution in [3.63, 3.8) is 0 Å². The average molecular weight is 395 g/mol. The number of ether oxygens (including phenoxy) is 1. The van der Waals surface area contributed by atoms with Gasteiger partial charge < -0.3 is 9.84 Å². The highest BCUT2D eigenvalue weighted by Crippen LogP contribution is 2.35. The molecule has 5 nitrogen and oxygen atoms in total. The Labute approximate surface area is 169 Å². The standard InChI is InChI=1S/C23H38O5/c1-4-6-7-11-18(24)13-14-20-19(21(25)16-22(20)26)12-9-8-10-17(3)15-23(27)28-5-2/h8-9,17,19-20,22,26H,4-7,10-16H2,1-3H3/b9-8-/t17?,19?,20-,22?/m1/s1. The molecule has 5 heteroatoms. The number of ketones is 2. The van der Waals surface area contributed by atoms with Gasteiger partial charge in [0.15, 0.2) is 0 Å². The molecule has 1 aliphatic carbocycles. The molecule has 0 amide bonds. The van der Waals surface area contributed by atoms with Crippen LogP contribution in [0.25, 0.3) is 0 Å². The Morgan fingerprint density at radius 2 is 1.96 bits per heavy atom. The molecular weight excluding hydrogens is 356 g/mol. The number of aliphatic hydroxyl groups is 1. The van der Waals surface area contributed by atoms with Gasteiger partial charge in [-0.25, -0.2) is 0 Å². The van der Waals surface area contributed by atoms with Crippen LogP contribution in [-0.4, -0.2) is 35.4 Å². The number of aliphatic hydroxyl groups excluding tert-OH is 1. The summed E-state index contributed by atoms with van der Waals surface area (Å²) >= 11 is 0. The molecule has 0 aliphatic heterocycles. The van der Waals surface area contributed by atoms with Gasteiger partial charge >= 0.3 is 5.97 Å². The Hall–Kier alpha value is -1.49. The van der Waals surface area contributed by atoms with Crippen molar-refractivity contribution in [3.05, 3.63) is 12.2 Å². The van der Waals surface area contributed by atoms with Crippen molar-refractivity contribution >= 4 is 17.5 Å². The number of hydrogen-bond donors (Lipinski definition) is 1. The zero-order valence-corrected chi connectivity index (χ0v) is 17.8. The molecule has 3 unspecified atom stereocenters. The third-order valence-electron chi connectivity index (χ3n) is 5.57. The summed E-state index contributed by atoms with van der Waals surface area (Å²) < 4.78 is 4.95. The van der Waals surface area contributed by atoms with Gasteiger partial charge in [-0.05, 0) is 44.4 Å². The van der Waals surface area contributed by atoms with Crippen LogP contribution in [0.2, 0.25) is 0 Å². The van der Waals surface area contributed by atoms with Gasteiger partial charge in [-0.1, -0.05) is 38.8 Å². The molecule has 0 aromatic rings. The van der Waals surface area contributed by atoms with Crippen LogP contribution in [0.5, 0.6) is 0 Å². The van der Waals surface area contributed by atoms with E-state index in [1.165, 1.54) is 0 Å². The molecule has 0 heterocycles. The van der Waals surface area contributed by atoms with Crippen molar-refractivity contribution in [2.45, 2.75) is 91.1 Å². The first-order chi connectivity index (χ1) is 13.4. The van der Waals surface area contributed by atoms with E-state index < -0.39 is 6.10 Å². The SMILES string of the molecule is CCCCCC(=O)CC[C@H]1C(O)CC(=O)C1C/C=C\CC(C)CC(=O)OCC. The lowest BCUT2D eigenvalue weighted by Crippen LogP contribution is -2.21. The van der Waals surface area contributed by atoms with Crippen molar-refractivity contribution in [2.24, 2.45) is 17.8 Å². The summed E-state index contributed by atoms with van der Waals surface area (Å²) in [7, 11) is 0. The van der Waals surface area contributed by atoms with Gasteiger partial charge in [-0.2, -0.15) is 0 Å². The maximum absolute atomic E-state index is 12.3. The van der Waals surface area contributed by atoms with E-state index in [2.05, 4.69) is 6.92 Å². The van der Waals surface area contributed by atoms with Crippen molar-refractivity contribution < 1.29 is 24.2 Å². The minimum atomic E-state index is -0.628. The number of unbranched alkanes of at least 4 members (excludes halogenated alkanes) is 2. The predicted molar refractivity (Wildman–Crippen MR) is 110 cm³/mol. The van der Waals surface area contributed by atoms with Crippen LogP contribution in [0.1, 0.15) is 85.0 Å². The van der Waals surface area contributed by atoms with Crippen molar-refractivity contribution in [2.75, 3.05) is 6.61 Å². The van der Waals surface area contributed by atoms with Crippen LogP contribution in [0.15, 0.2) is 12.2 Å². The van der Waals surface area contributed by atoms with Crippen molar-refractivity contribution in [1.29, 1.82) is 0 Å². The van der Waals surface area contributed by atoms with Crippen LogP contribution >= 0.6 is 0 Å². The maximum atomic E-state index is 12.3. The topological polar surface area (TPSA) is 80.7 Å². The van der Waals surface area contributed by atoms with Crippen molar-refractivity contribution in [3.8, 4) is 0 Å². The fraction of sp³-hybridized carbons (Fsp3) is 0.783. The Kier molecular flexibility index (Phi) is 12.0. The van der Waals surface area contributed by atoms with Gasteiger partial charge in [0, 0.05) is 31.6 Å². The van der Waals surface area contributed by atoms with Crippen molar-refractivity contribution in [1.82, 2.24) is 0 Å². The van der Waals surface area contributed by atoms with Gasteiger partial charge in [0.2, 0.25) is 0 Å². The first-order valence-electron chi connectivity index (χ1n) is 10.9. The van der Waals surface area contributed by atoms with E-state index in [9.17, 15) is 19.5 Å². The third-order valence-corrected chi connectivity index (χ3v) is 5.57. The summed E-state index contributed by atoms with van der Waals surface area (Å²) in [6.45, 7) is 6.31. The molecule has 1 fully saturated rings. The Bertz CT molecular complexity index is 525. The highest BCUT2D eigenvalue weighted by molar-refractivity contribution is 5.84. The Balaban J connectivity index is 2.43. The van der Waals surface area contributed by atoms with E-state index >= 15 is 0 Å². The summed E-state index contributed by atoms with van der Waals surface area (Å²) in [6.07, 6.45) is 10.0. The van der Waals surface area contributed by atoms with E-state index in [-0.39, 0.29) is 41.7 Å². The highest BCUT2D eigenvalue weighted by Gasteiger charge is 2.40. The van der Waals surface area contributed by atoms with Gasteiger partial charge in [0.05, 0.1) is 12.7 Å². The van der Waals surface area contributed by atoms with E-state index in [1.807, 2.05) is 19.1 Å². The largest absolute Gasteiger partial charge is 0.466 e. The second-order valence-electron chi connectivity index (χ2n) is 8.10. The summed E-state index contributed by atoms with van der Waals surface area (Å²) in [4.78, 5) is 35.8. The molecule has 160 valence electrons. The normalized spacial score (nSPS) is 23.3. The second-order valence-corrected chi connectivity index (χ2v) is 8.10. The smallest absolute Gasteiger partial charge is 0.306 e. The summed E-state index contributed by atoms with van der Waals surface area (Å²) in [5, 5.41) is 10.2. The predicted octanol–water partition coefficient (Wildman–Crippen LogP) is 4.41. The number of carbonyl (C=O) groups is 3. The minimum absolute atomic E-state index is 0.0974. The summed E-state index contributed by atoms with van der Waals surface area (Å²) in [5.74, 6) is 0.0272. The lowest BCUT2D eigenvalue weighted by molar-refractivity contribution is -0.144. The molecule has 4 atom stereocenters. The number of carbonyl (C=O) groups excluding carboxylic acids is 3. The first kappa shape index (κ1) is 24.5. The van der Waals surface area contributed by atoms with Crippen LogP contribution in [0.3, 0.4) is 0 Å². The van der Waals surface area contributed by atoms with Gasteiger partial charge in [0.1, 0.15) is 11.6 Å². The minimum Gasteiger partial charge on any atom is -0.466 e. The van der Waals surface area contributed by atoms with Gasteiger partial charge in [-0.3, -0.25) is 14.4 Å². The Morgan fingerprint density at radius 3 is 2.64 bits per heavy atom. The molecular formula is C23H38O5. The third kappa shape index (κ3) is 9.13. The molecule has 0 aromatic heterocycles. The number of esters is 1. The molecule has 1 aliphatic rings. The zero-order valence-electron chi connectivity index (χ0n) is 17.8. The average Bonchev–Trinajstić information content (AvgIpc) is 2.90. The van der Waals surface area contributed by atoms with Crippen LogP contribution in [0, 0.1) is 17.8 Å². The summed E-state index contributed by atoms with van der Waals surface area (Å²) in [6, 6.07) is 0. The van der Waals surface area contributed by atoms with E-state index in [0.29, 0.717) is 38.7 Å². The first-order valence-corrected chi connectivity index (χ1v) is 10.9. The van der Waals surface area contributed by atoms with Gasteiger partial charge in [0.25, 0.3) is 0 Å². The monoisotopic (exact) mass is 394 g/mol. The Morgan fingerprint density at radius 1 is 1.21 bits per heavy atom. The molecule has 0 spiro atoms.